The summed E-state index contributed by atoms with van der Waals surface area (Å²) in [4.78, 5) is 24.1. The molecule has 15 nitrogen and oxygen atoms in total. The number of carboxylic acid groups (broad SMARTS) is 1. The molecule has 20 atom stereocenters. The van der Waals surface area contributed by atoms with Gasteiger partial charge in [-0.25, -0.2) is 4.79 Å². The highest BCUT2D eigenvalue weighted by Gasteiger charge is 2.47. The van der Waals surface area contributed by atoms with Crippen LogP contribution in [-0.4, -0.2) is 147 Å². The number of hydrogen-bond acceptors (Lipinski definition) is 14. The van der Waals surface area contributed by atoms with E-state index in [-0.39, 0.29) is 61.1 Å². The summed E-state index contributed by atoms with van der Waals surface area (Å²) in [6.45, 7) is 9.62. The van der Waals surface area contributed by atoms with Crippen molar-refractivity contribution in [3.8, 4) is 0 Å². The Morgan fingerprint density at radius 2 is 1.47 bits per heavy atom. The molecule has 0 aromatic carbocycles. The molecule has 7 aliphatic heterocycles. The van der Waals surface area contributed by atoms with Gasteiger partial charge in [-0.1, -0.05) is 106 Å². The first-order chi connectivity index (χ1) is 32.6. The van der Waals surface area contributed by atoms with Crippen LogP contribution in [0.15, 0.2) is 96.7 Å². The van der Waals surface area contributed by atoms with E-state index < -0.39 is 85.4 Å². The van der Waals surface area contributed by atoms with Crippen LogP contribution in [0.3, 0.4) is 0 Å². The Kier molecular flexibility index (Phi) is 20.6. The fourth-order valence-corrected chi connectivity index (χ4v) is 9.78. The summed E-state index contributed by atoms with van der Waals surface area (Å²) in [5, 5.41) is 63.9. The average molecular weight is 953 g/mol. The summed E-state index contributed by atoms with van der Waals surface area (Å²) in [5.41, 5.74) is 0.912. The van der Waals surface area contributed by atoms with Gasteiger partial charge in [0.2, 0.25) is 0 Å². The molecule has 0 aromatic rings. The fourth-order valence-electron chi connectivity index (χ4n) is 9.78. The molecule has 15 heteroatoms. The van der Waals surface area contributed by atoms with Crippen LogP contribution in [0.25, 0.3) is 0 Å². The number of rotatable bonds is 9. The molecule has 7 bridgehead atoms. The summed E-state index contributed by atoms with van der Waals surface area (Å²) in [7, 11) is 0. The van der Waals surface area contributed by atoms with E-state index in [1.165, 1.54) is 6.08 Å². The van der Waals surface area contributed by atoms with E-state index in [2.05, 4.69) is 19.9 Å². The van der Waals surface area contributed by atoms with E-state index in [4.69, 9.17) is 38.3 Å². The Hall–Kier alpha value is -3.58. The first-order valence-corrected chi connectivity index (χ1v) is 24.7. The van der Waals surface area contributed by atoms with Crippen LogP contribution in [0.2, 0.25) is 0 Å². The number of carbonyl (C=O) groups excluding carboxylic acids is 1. The third-order valence-electron chi connectivity index (χ3n) is 14.0. The van der Waals surface area contributed by atoms with Crippen LogP contribution in [0.1, 0.15) is 98.8 Å². The highest BCUT2D eigenvalue weighted by Crippen LogP contribution is 2.39. The van der Waals surface area contributed by atoms with Gasteiger partial charge in [-0.3, -0.25) is 4.79 Å². The predicted octanol–water partition coefficient (Wildman–Crippen LogP) is 5.65. The van der Waals surface area contributed by atoms with Gasteiger partial charge >= 0.3 is 11.9 Å². The third kappa shape index (κ3) is 15.0. The maximum Gasteiger partial charge on any atom is 0.331 e. The Labute approximate surface area is 401 Å². The van der Waals surface area contributed by atoms with Crippen molar-refractivity contribution in [3.05, 3.63) is 96.7 Å². The SMILES string of the molecule is C/C(=C\[C@H](C)CCCCC(=O)O)[C@@H]1O[C@@H]2C=C[C@@H]1OC(=O)/C=C/C=C/C=C/[C@H]1O[C@@H]3C[C@H]1O[C@@H](/C=C/C[C@H]1O[C@H](C[C@H](O)[C@H]1C)[C@@H](O)[C@@H](O[C@@H]1O[C@H](C)[C@@H](O)[C@H](O)[C@H]1O)/C=C/CC/C=C/C2)[C@@H]3C. The van der Waals surface area contributed by atoms with Gasteiger partial charge in [0, 0.05) is 37.2 Å². The number of allylic oxidation sites excluding steroid dienone is 7. The first-order valence-electron chi connectivity index (χ1n) is 24.7. The van der Waals surface area contributed by atoms with Crippen LogP contribution in [0, 0.1) is 17.8 Å². The lowest BCUT2D eigenvalue weighted by molar-refractivity contribution is -0.309. The molecular formula is C53H76O15. The van der Waals surface area contributed by atoms with Crippen LogP contribution >= 0.6 is 0 Å². The summed E-state index contributed by atoms with van der Waals surface area (Å²) in [6, 6.07) is 0. The number of carbonyl (C=O) groups is 2. The molecule has 0 aliphatic carbocycles. The van der Waals surface area contributed by atoms with Gasteiger partial charge in [0.25, 0.3) is 0 Å². The maximum atomic E-state index is 13.1. The third-order valence-corrected chi connectivity index (χ3v) is 14.0. The van der Waals surface area contributed by atoms with E-state index in [1.54, 1.807) is 25.2 Å². The second kappa shape index (κ2) is 26.0. The zero-order valence-electron chi connectivity index (χ0n) is 40.1. The van der Waals surface area contributed by atoms with E-state index in [0.717, 1.165) is 24.8 Å². The molecule has 0 spiro atoms. The Bertz CT molecular complexity index is 1870. The molecule has 0 radical (unpaired) electrons. The lowest BCUT2D eigenvalue weighted by atomic mass is 9.85. The van der Waals surface area contributed by atoms with Crippen LogP contribution in [-0.2, 0) is 42.7 Å². The van der Waals surface area contributed by atoms with Crippen LogP contribution in [0.4, 0.5) is 0 Å². The monoisotopic (exact) mass is 953 g/mol. The van der Waals surface area contributed by atoms with Crippen molar-refractivity contribution in [2.24, 2.45) is 17.8 Å². The molecule has 0 amide bonds. The van der Waals surface area contributed by atoms with Crippen molar-refractivity contribution in [1.82, 2.24) is 0 Å². The molecule has 4 saturated heterocycles. The number of unbranched alkanes of at least 4 members (excludes halogenated alkanes) is 1. The molecule has 7 rings (SSSR count). The second-order valence-corrected chi connectivity index (χ2v) is 19.4. The summed E-state index contributed by atoms with van der Waals surface area (Å²) in [5.74, 6) is -1.32. The normalized spacial score (nSPS) is 44.2. The van der Waals surface area contributed by atoms with Gasteiger partial charge in [-0.05, 0) is 69.9 Å². The van der Waals surface area contributed by atoms with Gasteiger partial charge in [-0.15, -0.1) is 0 Å². The number of aliphatic hydroxyl groups excluding tert-OH is 5. The minimum atomic E-state index is -1.59. The second-order valence-electron chi connectivity index (χ2n) is 19.4. The highest BCUT2D eigenvalue weighted by atomic mass is 16.7. The molecule has 0 saturated carbocycles. The average Bonchev–Trinajstić information content (AvgIpc) is 3.66. The largest absolute Gasteiger partial charge is 0.481 e. The summed E-state index contributed by atoms with van der Waals surface area (Å²) in [6.07, 6.45) is 20.1. The molecule has 0 unspecified atom stereocenters. The smallest absolute Gasteiger partial charge is 0.331 e. The topological polar surface area (TPSA) is 220 Å². The van der Waals surface area contributed by atoms with E-state index >= 15 is 0 Å². The van der Waals surface area contributed by atoms with Crippen molar-refractivity contribution in [2.75, 3.05) is 0 Å². The number of ether oxygens (including phenoxy) is 7. The van der Waals surface area contributed by atoms with Crippen molar-refractivity contribution < 1.29 is 73.4 Å². The Morgan fingerprint density at radius 3 is 2.26 bits per heavy atom. The van der Waals surface area contributed by atoms with Gasteiger partial charge in [-0.2, -0.15) is 0 Å². The number of carboxylic acids is 1. The molecule has 6 N–H and O–H groups in total. The number of aliphatic carboxylic acids is 1. The molecule has 68 heavy (non-hydrogen) atoms. The van der Waals surface area contributed by atoms with Crippen molar-refractivity contribution >= 4 is 11.9 Å². The Balaban J connectivity index is 1.21. The minimum absolute atomic E-state index is 0.000574. The predicted molar refractivity (Wildman–Crippen MR) is 253 cm³/mol. The van der Waals surface area contributed by atoms with Gasteiger partial charge in [0.1, 0.15) is 42.7 Å². The van der Waals surface area contributed by atoms with E-state index in [0.29, 0.717) is 32.1 Å². The maximum absolute atomic E-state index is 13.1. The molecule has 0 aromatic heterocycles. The molecule has 7 aliphatic rings. The van der Waals surface area contributed by atoms with Crippen LogP contribution < -0.4 is 0 Å². The number of hydrogen-bond donors (Lipinski definition) is 6. The Morgan fingerprint density at radius 1 is 0.706 bits per heavy atom. The van der Waals surface area contributed by atoms with Gasteiger partial charge in [0.05, 0.1) is 48.8 Å². The molecular weight excluding hydrogens is 877 g/mol. The highest BCUT2D eigenvalue weighted by molar-refractivity contribution is 5.82. The fraction of sp³-hybridized carbons (Fsp3) is 0.660. The number of fused-ring (bicyclic) bond motifs is 13. The van der Waals surface area contributed by atoms with Gasteiger partial charge in [0.15, 0.2) is 12.4 Å². The molecule has 7 heterocycles. The van der Waals surface area contributed by atoms with Crippen molar-refractivity contribution in [3.63, 3.8) is 0 Å². The van der Waals surface area contributed by atoms with Crippen LogP contribution in [0.5, 0.6) is 0 Å². The first kappa shape index (κ1) is 53.8. The lowest BCUT2D eigenvalue weighted by Crippen LogP contribution is -2.59. The van der Waals surface area contributed by atoms with Crippen molar-refractivity contribution in [1.29, 1.82) is 0 Å². The standard InChI is InChI=1S/C53H76O15/c1-31(18-15-16-24-46(55)56)28-32(2)52-42-27-26-36(63-52)19-11-7-6-8-13-21-41(68-53-51(61)50(60)48(58)35(5)62-53)49(59)45-29-37(54)33(3)38(65-45)22-17-23-39-34(4)43-30-44(64-39)40(66-43)20-12-9-10-14-25-47(57)67-42/h7,9-14,17,20-21,23,25-28,31,33-45,48-54,58-61H,6,8,15-16,18-19,22,24,29-30H2,1-5H3,(H,55,56)/b10-9+,11-7+,20-12+,21-13+,23-17+,25-14+,32-28+/t31-,33-,34+,35-,36+,37+,38-,39+,40-,41+,42+,43-,44-,45-,48-,49+,50+,51-,52+,53+/m1/s1. The van der Waals surface area contributed by atoms with E-state index in [1.807, 2.05) is 74.6 Å². The zero-order chi connectivity index (χ0) is 48.9. The number of aliphatic hydroxyl groups is 5. The minimum Gasteiger partial charge on any atom is -0.481 e. The van der Waals surface area contributed by atoms with Gasteiger partial charge < -0.3 is 63.8 Å². The molecule has 378 valence electrons. The number of esters is 1. The van der Waals surface area contributed by atoms with Crippen molar-refractivity contribution in [2.45, 2.75) is 203 Å². The zero-order valence-corrected chi connectivity index (χ0v) is 40.1. The lowest BCUT2D eigenvalue weighted by Gasteiger charge is -2.43. The van der Waals surface area contributed by atoms with E-state index in [9.17, 15) is 35.1 Å². The quantitative estimate of drug-likeness (QED) is 0.0935. The summed E-state index contributed by atoms with van der Waals surface area (Å²) < 4.78 is 43.9. The summed E-state index contributed by atoms with van der Waals surface area (Å²) >= 11 is 0. The molecule has 4 fully saturated rings.